The molecule has 7 nitrogen and oxygen atoms in total. The van der Waals surface area contributed by atoms with Gasteiger partial charge in [0.15, 0.2) is 5.96 Å². The Hall–Kier alpha value is -3.39. The van der Waals surface area contributed by atoms with Crippen molar-refractivity contribution in [3.05, 3.63) is 65.6 Å². The molecule has 1 aliphatic rings. The van der Waals surface area contributed by atoms with Crippen molar-refractivity contribution in [3.63, 3.8) is 0 Å². The van der Waals surface area contributed by atoms with E-state index in [0.717, 1.165) is 16.9 Å². The third-order valence-corrected chi connectivity index (χ3v) is 5.41. The molecule has 0 radical (unpaired) electrons. The Bertz CT molecular complexity index is 1060. The number of rotatable bonds is 5. The number of nitrogens with zero attached hydrogens (tertiary/aromatic N) is 3. The molecule has 162 valence electrons. The van der Waals surface area contributed by atoms with Crippen molar-refractivity contribution < 1.29 is 18.4 Å². The largest absolute Gasteiger partial charge is 0.497 e. The van der Waals surface area contributed by atoms with Gasteiger partial charge in [0.2, 0.25) is 0 Å². The number of halogens is 1. The average molecular weight is 424 g/mol. The van der Waals surface area contributed by atoms with Crippen LogP contribution in [-0.4, -0.2) is 49.4 Å². The van der Waals surface area contributed by atoms with Gasteiger partial charge in [-0.3, -0.25) is 0 Å². The van der Waals surface area contributed by atoms with Crippen molar-refractivity contribution in [1.29, 1.82) is 0 Å². The molecule has 0 bridgehead atoms. The van der Waals surface area contributed by atoms with Gasteiger partial charge in [-0.05, 0) is 29.3 Å². The fourth-order valence-electron chi connectivity index (χ4n) is 3.49. The van der Waals surface area contributed by atoms with Crippen molar-refractivity contribution >= 4 is 11.8 Å². The second-order valence-corrected chi connectivity index (χ2v) is 7.35. The molecule has 1 aliphatic heterocycles. The summed E-state index contributed by atoms with van der Waals surface area (Å²) in [6.45, 7) is 4.55. The zero-order valence-electron chi connectivity index (χ0n) is 17.5. The number of hydrogen-bond donors (Lipinski definition) is 1. The summed E-state index contributed by atoms with van der Waals surface area (Å²) < 4.78 is 30.7. The monoisotopic (exact) mass is 424 g/mol. The SMILES string of the molecule is COc1ccc(-c2ccc(C(C)c3cc(N=C(N)N4CCOCC4)on3)cc2F)cc1. The van der Waals surface area contributed by atoms with E-state index in [1.165, 1.54) is 6.07 Å². The van der Waals surface area contributed by atoms with Crippen LogP contribution in [0.25, 0.3) is 11.1 Å². The van der Waals surface area contributed by atoms with Crippen LogP contribution in [0.15, 0.2) is 58.0 Å². The highest BCUT2D eigenvalue weighted by atomic mass is 19.1. The van der Waals surface area contributed by atoms with E-state index >= 15 is 0 Å². The molecule has 0 amide bonds. The van der Waals surface area contributed by atoms with E-state index in [-0.39, 0.29) is 11.7 Å². The maximum absolute atomic E-state index is 14.8. The summed E-state index contributed by atoms with van der Waals surface area (Å²) in [7, 11) is 1.60. The fourth-order valence-corrected chi connectivity index (χ4v) is 3.49. The Kier molecular flexibility index (Phi) is 6.18. The van der Waals surface area contributed by atoms with Crippen molar-refractivity contribution in [1.82, 2.24) is 10.1 Å². The van der Waals surface area contributed by atoms with Gasteiger partial charge in [0.25, 0.3) is 5.88 Å². The van der Waals surface area contributed by atoms with E-state index in [9.17, 15) is 4.39 Å². The maximum atomic E-state index is 14.8. The molecule has 4 rings (SSSR count). The van der Waals surface area contributed by atoms with Crippen LogP contribution in [0.2, 0.25) is 0 Å². The van der Waals surface area contributed by atoms with Crippen LogP contribution in [-0.2, 0) is 4.74 Å². The molecular weight excluding hydrogens is 399 g/mol. The van der Waals surface area contributed by atoms with E-state index < -0.39 is 0 Å². The summed E-state index contributed by atoms with van der Waals surface area (Å²) in [6.07, 6.45) is 0. The van der Waals surface area contributed by atoms with Gasteiger partial charge in [-0.1, -0.05) is 36.3 Å². The smallest absolute Gasteiger partial charge is 0.253 e. The summed E-state index contributed by atoms with van der Waals surface area (Å²) >= 11 is 0. The highest BCUT2D eigenvalue weighted by Gasteiger charge is 2.18. The topological polar surface area (TPSA) is 86.1 Å². The number of nitrogens with two attached hydrogens (primary N) is 1. The van der Waals surface area contributed by atoms with Crippen molar-refractivity contribution in [3.8, 4) is 16.9 Å². The van der Waals surface area contributed by atoms with E-state index in [0.29, 0.717) is 49.4 Å². The molecule has 31 heavy (non-hydrogen) atoms. The summed E-state index contributed by atoms with van der Waals surface area (Å²) in [5.74, 6) is 0.951. The molecule has 1 unspecified atom stereocenters. The summed E-state index contributed by atoms with van der Waals surface area (Å²) in [5, 5.41) is 4.10. The summed E-state index contributed by atoms with van der Waals surface area (Å²) in [4.78, 5) is 6.25. The average Bonchev–Trinajstić information content (AvgIpc) is 3.27. The molecule has 0 saturated carbocycles. The first-order chi connectivity index (χ1) is 15.0. The number of benzene rings is 2. The number of methoxy groups -OCH3 is 1. The zero-order chi connectivity index (χ0) is 21.8. The minimum Gasteiger partial charge on any atom is -0.497 e. The van der Waals surface area contributed by atoms with Gasteiger partial charge in [0.1, 0.15) is 11.6 Å². The van der Waals surface area contributed by atoms with Crippen molar-refractivity contribution in [2.24, 2.45) is 10.7 Å². The lowest BCUT2D eigenvalue weighted by Crippen LogP contribution is -2.44. The van der Waals surface area contributed by atoms with Crippen LogP contribution < -0.4 is 10.5 Å². The number of ether oxygens (including phenoxy) is 2. The van der Waals surface area contributed by atoms with E-state index in [2.05, 4.69) is 10.1 Å². The second kappa shape index (κ2) is 9.18. The van der Waals surface area contributed by atoms with Crippen LogP contribution in [0.3, 0.4) is 0 Å². The Balaban J connectivity index is 1.50. The lowest BCUT2D eigenvalue weighted by molar-refractivity contribution is 0.0675. The molecule has 2 N–H and O–H groups in total. The molecule has 8 heteroatoms. The molecule has 3 aromatic rings. The van der Waals surface area contributed by atoms with Crippen LogP contribution in [0.1, 0.15) is 24.1 Å². The normalized spacial score (nSPS) is 15.7. The predicted octanol–water partition coefficient (Wildman–Crippen LogP) is 3.92. The van der Waals surface area contributed by atoms with Gasteiger partial charge in [-0.2, -0.15) is 4.99 Å². The molecule has 0 aliphatic carbocycles. The quantitative estimate of drug-likeness (QED) is 0.494. The molecular formula is C23H25FN4O3. The standard InChI is InChI=1S/C23H25FN4O3/c1-15(21-14-22(31-27-21)26-23(25)28-9-11-30-12-10-28)17-5-8-19(20(24)13-17)16-3-6-18(29-2)7-4-16/h3-8,13-15H,9-12H2,1-2H3,(H2,25,26). The molecule has 2 heterocycles. The Labute approximate surface area is 180 Å². The summed E-state index contributed by atoms with van der Waals surface area (Å²) in [6, 6.07) is 14.2. The maximum Gasteiger partial charge on any atom is 0.253 e. The zero-order valence-corrected chi connectivity index (χ0v) is 17.5. The fraction of sp³-hybridized carbons (Fsp3) is 0.304. The molecule has 1 atom stereocenters. The third kappa shape index (κ3) is 4.69. The molecule has 1 saturated heterocycles. The van der Waals surface area contributed by atoms with E-state index in [1.54, 1.807) is 19.2 Å². The molecule has 1 aromatic heterocycles. The van der Waals surface area contributed by atoms with Crippen molar-refractivity contribution in [2.75, 3.05) is 33.4 Å². The number of morpholine rings is 1. The minimum absolute atomic E-state index is 0.170. The number of aromatic nitrogens is 1. The number of hydrogen-bond acceptors (Lipinski definition) is 5. The van der Waals surface area contributed by atoms with Crippen LogP contribution in [0.4, 0.5) is 10.3 Å². The van der Waals surface area contributed by atoms with Gasteiger partial charge >= 0.3 is 0 Å². The van der Waals surface area contributed by atoms with Gasteiger partial charge in [-0.25, -0.2) is 4.39 Å². The highest BCUT2D eigenvalue weighted by molar-refractivity contribution is 5.80. The molecule has 0 spiro atoms. The lowest BCUT2D eigenvalue weighted by Gasteiger charge is -2.27. The van der Waals surface area contributed by atoms with E-state index in [1.807, 2.05) is 42.2 Å². The van der Waals surface area contributed by atoms with Crippen LogP contribution in [0, 0.1) is 5.82 Å². The second-order valence-electron chi connectivity index (χ2n) is 7.35. The van der Waals surface area contributed by atoms with Crippen LogP contribution in [0.5, 0.6) is 5.75 Å². The molecule has 2 aromatic carbocycles. The predicted molar refractivity (Wildman–Crippen MR) is 116 cm³/mol. The van der Waals surface area contributed by atoms with E-state index in [4.69, 9.17) is 19.7 Å². The highest BCUT2D eigenvalue weighted by Crippen LogP contribution is 2.31. The molecule has 1 fully saturated rings. The Morgan fingerprint density at radius 3 is 2.58 bits per heavy atom. The number of aliphatic imine (C=N–C) groups is 1. The van der Waals surface area contributed by atoms with Crippen molar-refractivity contribution in [2.45, 2.75) is 12.8 Å². The minimum atomic E-state index is -0.298. The Morgan fingerprint density at radius 1 is 1.16 bits per heavy atom. The summed E-state index contributed by atoms with van der Waals surface area (Å²) in [5.41, 5.74) is 8.83. The first-order valence-corrected chi connectivity index (χ1v) is 10.1. The number of guanidine groups is 1. The lowest BCUT2D eigenvalue weighted by atomic mass is 9.95. The third-order valence-electron chi connectivity index (χ3n) is 5.41. The van der Waals surface area contributed by atoms with Gasteiger partial charge < -0.3 is 24.6 Å². The Morgan fingerprint density at radius 2 is 1.90 bits per heavy atom. The van der Waals surface area contributed by atoms with Gasteiger partial charge in [0.05, 0.1) is 26.0 Å². The van der Waals surface area contributed by atoms with Gasteiger partial charge in [-0.15, -0.1) is 0 Å². The first kappa shape index (κ1) is 20.9. The van der Waals surface area contributed by atoms with Crippen LogP contribution >= 0.6 is 0 Å². The van der Waals surface area contributed by atoms with Gasteiger partial charge in [0, 0.05) is 30.6 Å². The first-order valence-electron chi connectivity index (χ1n) is 10.1.